The zero-order valence-corrected chi connectivity index (χ0v) is 18.7. The Balaban J connectivity index is 1.49. The third-order valence-electron chi connectivity index (χ3n) is 5.52. The van der Waals surface area contributed by atoms with Gasteiger partial charge in [0.1, 0.15) is 5.56 Å². The Bertz CT molecular complexity index is 1250. The monoisotopic (exact) mass is 449 g/mol. The molecular weight excluding hydrogens is 426 g/mol. The highest BCUT2D eigenvalue weighted by Crippen LogP contribution is 2.33. The number of carbonyl (C=O) groups excluding carboxylic acids is 2. The van der Waals surface area contributed by atoms with E-state index >= 15 is 0 Å². The summed E-state index contributed by atoms with van der Waals surface area (Å²) in [5.41, 5.74) is 2.47. The van der Waals surface area contributed by atoms with Gasteiger partial charge < -0.3 is 15.6 Å². The van der Waals surface area contributed by atoms with Crippen LogP contribution in [0.3, 0.4) is 0 Å². The Hall–Kier alpha value is -3.38. The summed E-state index contributed by atoms with van der Waals surface area (Å²) in [5, 5.41) is 6.40. The van der Waals surface area contributed by atoms with Crippen LogP contribution in [0.25, 0.3) is 0 Å². The molecule has 164 valence electrons. The first-order valence-corrected chi connectivity index (χ1v) is 10.8. The van der Waals surface area contributed by atoms with Crippen molar-refractivity contribution in [1.29, 1.82) is 0 Å². The number of H-pyrrole nitrogens is 1. The van der Waals surface area contributed by atoms with Crippen LogP contribution in [0.1, 0.15) is 52.2 Å². The number of hydrogen-bond acceptors (Lipinski definition) is 4. The number of aromatic nitrogens is 1. The SMILES string of the molecule is CC1(C)CC(=O)c2cc(C(=O)Nc3ccc(NCc4ccccc4)c(Cl)c3)c(=O)[nH]c2C1. The lowest BCUT2D eigenvalue weighted by molar-refractivity contribution is 0.0910. The molecule has 0 unspecified atom stereocenters. The fraction of sp³-hybridized carbons (Fsp3) is 0.240. The van der Waals surface area contributed by atoms with Gasteiger partial charge >= 0.3 is 0 Å². The van der Waals surface area contributed by atoms with Gasteiger partial charge in [-0.15, -0.1) is 0 Å². The quantitative estimate of drug-likeness (QED) is 0.508. The summed E-state index contributed by atoms with van der Waals surface area (Å²) in [6, 6.07) is 16.4. The number of pyridine rings is 1. The molecule has 0 spiro atoms. The van der Waals surface area contributed by atoms with Crippen LogP contribution in [-0.2, 0) is 13.0 Å². The average Bonchev–Trinajstić information content (AvgIpc) is 2.72. The molecule has 2 aromatic carbocycles. The maximum atomic E-state index is 12.8. The third-order valence-corrected chi connectivity index (χ3v) is 5.83. The number of ketones is 1. The van der Waals surface area contributed by atoms with Crippen molar-refractivity contribution in [2.45, 2.75) is 33.2 Å². The molecule has 0 bridgehead atoms. The molecule has 0 atom stereocenters. The van der Waals surface area contributed by atoms with Crippen LogP contribution < -0.4 is 16.2 Å². The average molecular weight is 450 g/mol. The summed E-state index contributed by atoms with van der Waals surface area (Å²) in [5.74, 6) is -0.661. The van der Waals surface area contributed by atoms with Gasteiger partial charge in [0.25, 0.3) is 11.5 Å². The summed E-state index contributed by atoms with van der Waals surface area (Å²) >= 11 is 6.37. The van der Waals surface area contributed by atoms with Crippen molar-refractivity contribution < 1.29 is 9.59 Å². The van der Waals surface area contributed by atoms with E-state index in [1.807, 2.05) is 44.2 Å². The molecule has 0 saturated heterocycles. The lowest BCUT2D eigenvalue weighted by atomic mass is 9.75. The van der Waals surface area contributed by atoms with Gasteiger partial charge in [0.2, 0.25) is 0 Å². The fourth-order valence-corrected chi connectivity index (χ4v) is 4.17. The van der Waals surface area contributed by atoms with Gasteiger partial charge in [-0.3, -0.25) is 14.4 Å². The van der Waals surface area contributed by atoms with Crippen molar-refractivity contribution in [2.75, 3.05) is 10.6 Å². The number of amides is 1. The number of halogens is 1. The second-order valence-electron chi connectivity index (χ2n) is 8.83. The largest absolute Gasteiger partial charge is 0.380 e. The van der Waals surface area contributed by atoms with Gasteiger partial charge in [-0.05, 0) is 41.7 Å². The van der Waals surface area contributed by atoms with Gasteiger partial charge in [-0.25, -0.2) is 0 Å². The molecule has 4 rings (SSSR count). The second kappa shape index (κ2) is 8.63. The molecule has 1 aromatic heterocycles. The molecule has 1 aliphatic rings. The maximum Gasteiger partial charge on any atom is 0.261 e. The molecule has 32 heavy (non-hydrogen) atoms. The maximum absolute atomic E-state index is 12.8. The minimum absolute atomic E-state index is 0.0709. The van der Waals surface area contributed by atoms with Crippen LogP contribution in [0.15, 0.2) is 59.4 Å². The lowest BCUT2D eigenvalue weighted by Gasteiger charge is -2.29. The van der Waals surface area contributed by atoms with Crippen LogP contribution >= 0.6 is 11.6 Å². The van der Waals surface area contributed by atoms with Gasteiger partial charge in [0, 0.05) is 29.9 Å². The lowest BCUT2D eigenvalue weighted by Crippen LogP contribution is -2.32. The molecule has 1 heterocycles. The highest BCUT2D eigenvalue weighted by molar-refractivity contribution is 6.33. The van der Waals surface area contributed by atoms with Crippen molar-refractivity contribution in [3.8, 4) is 0 Å². The molecule has 7 heteroatoms. The summed E-state index contributed by atoms with van der Waals surface area (Å²) in [4.78, 5) is 40.5. The predicted molar refractivity (Wildman–Crippen MR) is 127 cm³/mol. The van der Waals surface area contributed by atoms with Crippen molar-refractivity contribution in [3.63, 3.8) is 0 Å². The Kier molecular flexibility index (Phi) is 5.89. The topological polar surface area (TPSA) is 91.1 Å². The normalized spacial score (nSPS) is 14.5. The van der Waals surface area contributed by atoms with Crippen molar-refractivity contribution in [2.24, 2.45) is 5.41 Å². The van der Waals surface area contributed by atoms with Crippen LogP contribution in [-0.4, -0.2) is 16.7 Å². The Morgan fingerprint density at radius 3 is 2.53 bits per heavy atom. The molecule has 0 saturated carbocycles. The van der Waals surface area contributed by atoms with E-state index in [0.717, 1.165) is 11.3 Å². The molecule has 3 aromatic rings. The zero-order valence-electron chi connectivity index (χ0n) is 17.9. The van der Waals surface area contributed by atoms with E-state index in [2.05, 4.69) is 15.6 Å². The smallest absolute Gasteiger partial charge is 0.261 e. The van der Waals surface area contributed by atoms with E-state index in [-0.39, 0.29) is 16.8 Å². The van der Waals surface area contributed by atoms with Gasteiger partial charge in [-0.2, -0.15) is 0 Å². The number of rotatable bonds is 5. The minimum Gasteiger partial charge on any atom is -0.380 e. The van der Waals surface area contributed by atoms with E-state index in [4.69, 9.17) is 11.6 Å². The minimum atomic E-state index is -0.590. The molecular formula is C25H24ClN3O3. The van der Waals surface area contributed by atoms with E-state index in [0.29, 0.717) is 41.4 Å². The number of benzene rings is 2. The molecule has 0 fully saturated rings. The number of Topliss-reactive ketones (excluding diaryl/α,β-unsaturated/α-hetero) is 1. The summed E-state index contributed by atoms with van der Waals surface area (Å²) < 4.78 is 0. The number of nitrogens with one attached hydrogen (secondary N) is 3. The van der Waals surface area contributed by atoms with Crippen LogP contribution in [0.4, 0.5) is 11.4 Å². The van der Waals surface area contributed by atoms with Crippen molar-refractivity contribution in [1.82, 2.24) is 4.98 Å². The fourth-order valence-electron chi connectivity index (χ4n) is 3.92. The van der Waals surface area contributed by atoms with Crippen molar-refractivity contribution in [3.05, 3.63) is 92.4 Å². The van der Waals surface area contributed by atoms with Crippen LogP contribution in [0.5, 0.6) is 0 Å². The summed E-state index contributed by atoms with van der Waals surface area (Å²) in [7, 11) is 0. The standard InChI is InChI=1S/C25H24ClN3O3/c1-25(2)12-21-17(22(30)13-25)11-18(24(32)29-21)23(31)28-16-8-9-20(19(26)10-16)27-14-15-6-4-3-5-7-15/h3-11,27H,12-14H2,1-2H3,(H,28,31)(H,29,32). The molecule has 6 nitrogen and oxygen atoms in total. The molecule has 0 aliphatic heterocycles. The summed E-state index contributed by atoms with van der Waals surface area (Å²) in [6.07, 6.45) is 0.957. The highest BCUT2D eigenvalue weighted by Gasteiger charge is 2.32. The summed E-state index contributed by atoms with van der Waals surface area (Å²) in [6.45, 7) is 4.57. The number of fused-ring (bicyclic) bond motifs is 1. The second-order valence-corrected chi connectivity index (χ2v) is 9.24. The van der Waals surface area contributed by atoms with Gasteiger partial charge in [-0.1, -0.05) is 55.8 Å². The van der Waals surface area contributed by atoms with Crippen LogP contribution in [0, 0.1) is 5.41 Å². The number of hydrogen-bond donors (Lipinski definition) is 3. The van der Waals surface area contributed by atoms with Gasteiger partial charge in [0.15, 0.2) is 5.78 Å². The highest BCUT2D eigenvalue weighted by atomic mass is 35.5. The molecule has 3 N–H and O–H groups in total. The molecule has 1 aliphatic carbocycles. The van der Waals surface area contributed by atoms with E-state index < -0.39 is 11.5 Å². The molecule has 1 amide bonds. The Labute approximate surface area is 191 Å². The zero-order chi connectivity index (χ0) is 22.9. The first kappa shape index (κ1) is 21.8. The van der Waals surface area contributed by atoms with E-state index in [1.54, 1.807) is 18.2 Å². The molecule has 0 radical (unpaired) electrons. The van der Waals surface area contributed by atoms with Crippen molar-refractivity contribution >= 4 is 34.7 Å². The van der Waals surface area contributed by atoms with Gasteiger partial charge in [0.05, 0.1) is 10.7 Å². The predicted octanol–water partition coefficient (Wildman–Crippen LogP) is 5.05. The number of anilines is 2. The Morgan fingerprint density at radius 2 is 1.81 bits per heavy atom. The Morgan fingerprint density at radius 1 is 1.06 bits per heavy atom. The number of carbonyl (C=O) groups is 2. The third kappa shape index (κ3) is 4.75. The first-order chi connectivity index (χ1) is 15.2. The van der Waals surface area contributed by atoms with E-state index in [9.17, 15) is 14.4 Å². The van der Waals surface area contributed by atoms with Crippen LogP contribution in [0.2, 0.25) is 5.02 Å². The van der Waals surface area contributed by atoms with E-state index in [1.165, 1.54) is 6.07 Å². The first-order valence-electron chi connectivity index (χ1n) is 10.4. The number of aromatic amines is 1.